The topological polar surface area (TPSA) is 61.6 Å². The van der Waals surface area contributed by atoms with Crippen LogP contribution < -0.4 is 5.32 Å². The third kappa shape index (κ3) is 6.83. The molecule has 2 aliphatic rings. The summed E-state index contributed by atoms with van der Waals surface area (Å²) < 4.78 is 5.90. The molecule has 2 atom stereocenters. The van der Waals surface area contributed by atoms with Crippen LogP contribution in [0.4, 0.5) is 0 Å². The molecule has 1 N–H and O–H groups in total. The molecule has 34 heavy (non-hydrogen) atoms. The molecule has 0 radical (unpaired) electrons. The molecule has 186 valence electrons. The smallest absolute Gasteiger partial charge is 0.226 e. The number of halogens is 1. The maximum absolute atomic E-state index is 12.7. The summed E-state index contributed by atoms with van der Waals surface area (Å²) in [7, 11) is 0. The summed E-state index contributed by atoms with van der Waals surface area (Å²) in [6.07, 6.45) is 4.16. The number of rotatable bonds is 8. The van der Waals surface area contributed by atoms with E-state index in [-0.39, 0.29) is 11.8 Å². The molecule has 0 aliphatic carbocycles. The molecule has 0 unspecified atom stereocenters. The summed E-state index contributed by atoms with van der Waals surface area (Å²) in [5.41, 5.74) is 1.85. The van der Waals surface area contributed by atoms with E-state index in [1.54, 1.807) is 0 Å². The Morgan fingerprint density at radius 1 is 1.18 bits per heavy atom. The van der Waals surface area contributed by atoms with Gasteiger partial charge in [-0.2, -0.15) is 0 Å². The van der Waals surface area contributed by atoms with Crippen LogP contribution in [0, 0.1) is 24.7 Å². The molecule has 6 nitrogen and oxygen atoms in total. The van der Waals surface area contributed by atoms with E-state index >= 15 is 0 Å². The Balaban J connectivity index is 1.17. The maximum Gasteiger partial charge on any atom is 0.226 e. The Kier molecular flexibility index (Phi) is 8.67. The number of nitrogens with zero attached hydrogens (tertiary/aromatic N) is 3. The van der Waals surface area contributed by atoms with Gasteiger partial charge in [0.25, 0.3) is 0 Å². The number of likely N-dealkylation sites (tertiary alicyclic amines) is 2. The first kappa shape index (κ1) is 25.2. The number of carbonyl (C=O) groups excluding carboxylic acids is 1. The van der Waals surface area contributed by atoms with E-state index in [2.05, 4.69) is 29.0 Å². The van der Waals surface area contributed by atoms with Gasteiger partial charge < -0.3 is 14.6 Å². The van der Waals surface area contributed by atoms with E-state index < -0.39 is 0 Å². The Morgan fingerprint density at radius 3 is 2.62 bits per heavy atom. The van der Waals surface area contributed by atoms with Gasteiger partial charge in [0, 0.05) is 42.7 Å². The molecule has 1 aromatic heterocycles. The lowest BCUT2D eigenvalue weighted by atomic mass is 9.92. The molecule has 1 amide bonds. The fraction of sp³-hybridized carbons (Fsp3) is 0.630. The molecule has 1 aromatic carbocycles. The quantitative estimate of drug-likeness (QED) is 0.532. The molecule has 2 aromatic rings. The Hall–Kier alpha value is -1.89. The van der Waals surface area contributed by atoms with Crippen molar-refractivity contribution in [2.75, 3.05) is 39.3 Å². The highest BCUT2D eigenvalue weighted by atomic mass is 35.5. The zero-order valence-electron chi connectivity index (χ0n) is 20.9. The summed E-state index contributed by atoms with van der Waals surface area (Å²) in [5, 5.41) is 3.86. The minimum absolute atomic E-state index is 0.117. The predicted molar refractivity (Wildman–Crippen MR) is 137 cm³/mol. The van der Waals surface area contributed by atoms with E-state index in [4.69, 9.17) is 21.0 Å². The molecule has 2 fully saturated rings. The van der Waals surface area contributed by atoms with Crippen molar-refractivity contribution in [3.05, 3.63) is 40.7 Å². The van der Waals surface area contributed by atoms with Crippen LogP contribution in [0.2, 0.25) is 5.02 Å². The monoisotopic (exact) mass is 486 g/mol. The standard InChI is InChI=1S/C27H39ClN4O2/c1-19-14-20(2)17-32(16-19)11-5-10-29-26(33)22-8-12-31(13-9-22)18-25-21(3)34-27(30-25)23-6-4-7-24(28)15-23/h4,6-7,15,19-20,22H,5,8-14,16-18H2,1-3H3,(H,29,33)/t19-,20-/m1/s1. The van der Waals surface area contributed by atoms with Crippen molar-refractivity contribution in [3.8, 4) is 11.5 Å². The minimum atomic E-state index is 0.117. The van der Waals surface area contributed by atoms with Crippen LogP contribution in [0.25, 0.3) is 11.5 Å². The zero-order chi connectivity index (χ0) is 24.1. The third-order valence-electron chi connectivity index (χ3n) is 7.19. The van der Waals surface area contributed by atoms with Gasteiger partial charge in [-0.25, -0.2) is 4.98 Å². The summed E-state index contributed by atoms with van der Waals surface area (Å²) in [6.45, 7) is 13.5. The summed E-state index contributed by atoms with van der Waals surface area (Å²) in [5.74, 6) is 3.36. The van der Waals surface area contributed by atoms with Gasteiger partial charge in [-0.1, -0.05) is 31.5 Å². The number of piperidine rings is 2. The first-order chi connectivity index (χ1) is 16.4. The largest absolute Gasteiger partial charge is 0.441 e. The maximum atomic E-state index is 12.7. The van der Waals surface area contributed by atoms with Crippen LogP contribution in [0.15, 0.2) is 28.7 Å². The molecule has 0 saturated carbocycles. The summed E-state index contributed by atoms with van der Waals surface area (Å²) in [4.78, 5) is 22.3. The van der Waals surface area contributed by atoms with E-state index in [9.17, 15) is 4.79 Å². The number of carbonyl (C=O) groups is 1. The van der Waals surface area contributed by atoms with Crippen LogP contribution in [-0.2, 0) is 11.3 Å². The second kappa shape index (κ2) is 11.7. The van der Waals surface area contributed by atoms with Gasteiger partial charge in [-0.15, -0.1) is 0 Å². The number of hydrogen-bond donors (Lipinski definition) is 1. The number of benzene rings is 1. The van der Waals surface area contributed by atoms with Crippen molar-refractivity contribution in [1.29, 1.82) is 0 Å². The molecular formula is C27H39ClN4O2. The molecule has 2 aliphatic heterocycles. The minimum Gasteiger partial charge on any atom is -0.441 e. The molecule has 0 spiro atoms. The number of aryl methyl sites for hydroxylation is 1. The average molecular weight is 487 g/mol. The summed E-state index contributed by atoms with van der Waals surface area (Å²) >= 11 is 6.11. The van der Waals surface area contributed by atoms with E-state index in [1.807, 2.05) is 31.2 Å². The molecule has 4 rings (SSSR count). The molecular weight excluding hydrogens is 448 g/mol. The zero-order valence-corrected chi connectivity index (χ0v) is 21.6. The lowest BCUT2D eigenvalue weighted by molar-refractivity contribution is -0.126. The second-order valence-corrected chi connectivity index (χ2v) is 10.9. The van der Waals surface area contributed by atoms with Crippen molar-refractivity contribution in [2.45, 2.75) is 53.0 Å². The number of oxazole rings is 1. The lowest BCUT2D eigenvalue weighted by Gasteiger charge is -2.35. The Morgan fingerprint density at radius 2 is 1.91 bits per heavy atom. The molecule has 0 bridgehead atoms. The lowest BCUT2D eigenvalue weighted by Crippen LogP contribution is -2.42. The van der Waals surface area contributed by atoms with E-state index in [1.165, 1.54) is 19.5 Å². The van der Waals surface area contributed by atoms with Crippen LogP contribution in [0.1, 0.15) is 51.0 Å². The first-order valence-electron chi connectivity index (χ1n) is 12.8. The third-order valence-corrected chi connectivity index (χ3v) is 7.43. The van der Waals surface area contributed by atoms with Gasteiger partial charge in [0.05, 0.1) is 5.69 Å². The molecule has 2 saturated heterocycles. The summed E-state index contributed by atoms with van der Waals surface area (Å²) in [6, 6.07) is 7.58. The van der Waals surface area contributed by atoms with Gasteiger partial charge in [-0.3, -0.25) is 9.69 Å². The Bertz CT molecular complexity index is 944. The number of amides is 1. The SMILES string of the molecule is Cc1oc(-c2cccc(Cl)c2)nc1CN1CCC(C(=O)NCCCN2C[C@H](C)C[C@@H](C)C2)CC1. The van der Waals surface area contributed by atoms with Crippen LogP contribution in [0.3, 0.4) is 0 Å². The van der Waals surface area contributed by atoms with E-state index in [0.717, 1.165) is 80.8 Å². The second-order valence-electron chi connectivity index (χ2n) is 10.4. The number of aromatic nitrogens is 1. The predicted octanol–water partition coefficient (Wildman–Crippen LogP) is 5.00. The van der Waals surface area contributed by atoms with Gasteiger partial charge in [0.2, 0.25) is 11.8 Å². The first-order valence-corrected chi connectivity index (χ1v) is 13.2. The molecule has 7 heteroatoms. The fourth-order valence-corrected chi connectivity index (χ4v) is 5.71. The highest BCUT2D eigenvalue weighted by molar-refractivity contribution is 6.30. The highest BCUT2D eigenvalue weighted by Crippen LogP contribution is 2.26. The fourth-order valence-electron chi connectivity index (χ4n) is 5.52. The van der Waals surface area contributed by atoms with Crippen molar-refractivity contribution in [1.82, 2.24) is 20.1 Å². The van der Waals surface area contributed by atoms with Crippen molar-refractivity contribution in [3.63, 3.8) is 0 Å². The van der Waals surface area contributed by atoms with Crippen LogP contribution in [-0.4, -0.2) is 60.0 Å². The number of nitrogens with one attached hydrogen (secondary N) is 1. The van der Waals surface area contributed by atoms with Gasteiger partial charge in [0.1, 0.15) is 5.76 Å². The van der Waals surface area contributed by atoms with Crippen LogP contribution in [0.5, 0.6) is 0 Å². The van der Waals surface area contributed by atoms with Crippen molar-refractivity contribution in [2.24, 2.45) is 17.8 Å². The molecule has 3 heterocycles. The van der Waals surface area contributed by atoms with E-state index in [0.29, 0.717) is 10.9 Å². The average Bonchev–Trinajstić information content (AvgIpc) is 3.16. The Labute approximate surface area is 209 Å². The van der Waals surface area contributed by atoms with Gasteiger partial charge in [-0.05, 0) is 82.3 Å². The van der Waals surface area contributed by atoms with Crippen molar-refractivity contribution < 1.29 is 9.21 Å². The van der Waals surface area contributed by atoms with Gasteiger partial charge >= 0.3 is 0 Å². The number of hydrogen-bond acceptors (Lipinski definition) is 5. The normalized spacial score (nSPS) is 22.7. The highest BCUT2D eigenvalue weighted by Gasteiger charge is 2.26. The van der Waals surface area contributed by atoms with Crippen LogP contribution >= 0.6 is 11.6 Å². The van der Waals surface area contributed by atoms with Gasteiger partial charge in [0.15, 0.2) is 0 Å². The van der Waals surface area contributed by atoms with Crippen molar-refractivity contribution >= 4 is 17.5 Å².